The van der Waals surface area contributed by atoms with E-state index in [4.69, 9.17) is 13.8 Å². The Morgan fingerprint density at radius 3 is 1.55 bits per heavy atom. The molecule has 0 saturated heterocycles. The van der Waals surface area contributed by atoms with Crippen LogP contribution >= 0.6 is 6.83 Å². The van der Waals surface area contributed by atoms with Crippen molar-refractivity contribution in [3.05, 3.63) is 0 Å². The molecular weight excluding hydrogens is 431 g/mol. The molecule has 1 saturated carbocycles. The number of aliphatic hydroxyl groups is 1. The molecule has 0 atom stereocenters. The van der Waals surface area contributed by atoms with Gasteiger partial charge in [0.2, 0.25) is 0 Å². The third kappa shape index (κ3) is 9.20. The van der Waals surface area contributed by atoms with Gasteiger partial charge in [0.25, 0.3) is 0 Å². The summed E-state index contributed by atoms with van der Waals surface area (Å²) in [6.45, 7) is 6.31. The van der Waals surface area contributed by atoms with Crippen molar-refractivity contribution >= 4 is 16.9 Å². The second-order valence-corrected chi connectivity index (χ2v) is 17.5. The Kier molecular flexibility index (Phi) is 13.7. The van der Waals surface area contributed by atoms with Gasteiger partial charge < -0.3 is 0 Å². The average Bonchev–Trinajstić information content (AvgIpc) is 2.78. The third-order valence-electron chi connectivity index (χ3n) is 7.10. The Labute approximate surface area is 193 Å². The number of hydrogen-bond acceptors (Lipinski definition) is 5. The van der Waals surface area contributed by atoms with Gasteiger partial charge in [0.05, 0.1) is 0 Å². The minimum absolute atomic E-state index is 0.0136. The van der Waals surface area contributed by atoms with Crippen molar-refractivity contribution in [3.8, 4) is 0 Å². The third-order valence-corrected chi connectivity index (χ3v) is 16.7. The van der Waals surface area contributed by atoms with E-state index >= 15 is 0 Å². The molecule has 1 fully saturated rings. The first kappa shape index (κ1) is 29.3. The van der Waals surface area contributed by atoms with Crippen LogP contribution in [-0.4, -0.2) is 62.7 Å². The molecule has 188 valence electrons. The fourth-order valence-corrected chi connectivity index (χ4v) is 15.8. The first-order chi connectivity index (χ1) is 14.8. The molecule has 0 amide bonds. The van der Waals surface area contributed by atoms with Gasteiger partial charge in [0.15, 0.2) is 0 Å². The van der Waals surface area contributed by atoms with Gasteiger partial charge >= 0.3 is 193 Å². The number of hydrogen-bond donors (Lipinski definition) is 1. The summed E-state index contributed by atoms with van der Waals surface area (Å²) in [5.41, 5.74) is 0. The number of aliphatic hydroxyl groups excluding tert-OH is 1. The van der Waals surface area contributed by atoms with Crippen LogP contribution in [0.5, 0.6) is 0 Å². The summed E-state index contributed by atoms with van der Waals surface area (Å²) >= 11 is 0. The first-order valence-electron chi connectivity index (χ1n) is 13.0. The molecule has 0 bridgehead atoms. The van der Waals surface area contributed by atoms with Crippen molar-refractivity contribution in [2.75, 3.05) is 37.9 Å². The predicted molar refractivity (Wildman–Crippen MR) is 135 cm³/mol. The summed E-state index contributed by atoms with van der Waals surface area (Å²) in [5, 5.41) is 8.57. The number of rotatable bonds is 18. The van der Waals surface area contributed by atoms with E-state index in [9.17, 15) is 8.42 Å². The maximum absolute atomic E-state index is 13.7. The fourth-order valence-electron chi connectivity index (χ4n) is 5.11. The molecule has 0 aliphatic heterocycles. The van der Waals surface area contributed by atoms with Crippen LogP contribution in [0.15, 0.2) is 0 Å². The Morgan fingerprint density at radius 2 is 1.19 bits per heavy atom. The van der Waals surface area contributed by atoms with E-state index < -0.39 is 22.2 Å². The minimum atomic E-state index is -3.61. The summed E-state index contributed by atoms with van der Waals surface area (Å²) in [6.07, 6.45) is 15.2. The van der Waals surface area contributed by atoms with E-state index in [1.54, 1.807) is 0 Å². The molecule has 31 heavy (non-hydrogen) atoms. The molecule has 1 rings (SSSR count). The van der Waals surface area contributed by atoms with Crippen LogP contribution in [-0.2, 0) is 18.8 Å². The summed E-state index contributed by atoms with van der Waals surface area (Å²) in [5.74, 6) is 0. The van der Waals surface area contributed by atoms with Gasteiger partial charge in [-0.3, -0.25) is 0 Å². The zero-order chi connectivity index (χ0) is 23.2. The van der Waals surface area contributed by atoms with Gasteiger partial charge in [-0.2, -0.15) is 0 Å². The summed E-state index contributed by atoms with van der Waals surface area (Å²) in [4.78, 5) is 0. The Bertz CT molecular complexity index is 529. The molecule has 0 spiro atoms. The molecule has 0 unspecified atom stereocenters. The second-order valence-electron chi connectivity index (χ2n) is 9.73. The van der Waals surface area contributed by atoms with Crippen LogP contribution in [0.2, 0.25) is 0 Å². The van der Waals surface area contributed by atoms with E-state index in [0.717, 1.165) is 88.9 Å². The Morgan fingerprint density at radius 1 is 0.774 bits per heavy atom. The SMILES string of the molecule is CCCCP(CCCC)(CCCC)(CCCC)OS(=O)(=O)C1CCC(OCCO)CC1. The van der Waals surface area contributed by atoms with Crippen LogP contribution in [0.3, 0.4) is 0 Å². The van der Waals surface area contributed by atoms with Crippen LogP contribution in [0.1, 0.15) is 105 Å². The van der Waals surface area contributed by atoms with Gasteiger partial charge in [-0.15, -0.1) is 0 Å². The van der Waals surface area contributed by atoms with Crippen molar-refractivity contribution in [1.82, 2.24) is 0 Å². The van der Waals surface area contributed by atoms with Gasteiger partial charge in [-0.05, 0) is 0 Å². The summed E-state index contributed by atoms with van der Waals surface area (Å²) < 4.78 is 39.8. The van der Waals surface area contributed by atoms with Crippen LogP contribution in [0.25, 0.3) is 0 Å². The monoisotopic (exact) mass is 482 g/mol. The van der Waals surface area contributed by atoms with Crippen molar-refractivity contribution in [2.45, 2.75) is 116 Å². The van der Waals surface area contributed by atoms with Gasteiger partial charge in [0.1, 0.15) is 0 Å². The Balaban J connectivity index is 3.17. The quantitative estimate of drug-likeness (QED) is 0.231. The van der Waals surface area contributed by atoms with E-state index in [1.165, 1.54) is 0 Å². The zero-order valence-corrected chi connectivity index (χ0v) is 22.5. The van der Waals surface area contributed by atoms with Gasteiger partial charge in [0, 0.05) is 0 Å². The summed E-state index contributed by atoms with van der Waals surface area (Å²) in [7, 11) is -3.61. The fraction of sp³-hybridized carbons (Fsp3) is 1.00. The van der Waals surface area contributed by atoms with E-state index in [0.29, 0.717) is 19.4 Å². The first-order valence-corrected chi connectivity index (χ1v) is 17.4. The molecule has 1 aliphatic carbocycles. The van der Waals surface area contributed by atoms with E-state index in [2.05, 4.69) is 27.7 Å². The molecule has 0 radical (unpaired) electrons. The molecule has 1 aliphatic rings. The van der Waals surface area contributed by atoms with Crippen LogP contribution < -0.4 is 0 Å². The molecular formula is C24H51O5PS. The standard InChI is InChI=1S/C24H51O5PS/c1-5-9-19-30(20-10-6-2,21-11-7-3,22-12-8-4)29-31(26,27)24-15-13-23(14-16-24)28-18-17-25/h23-25H,5-22H2,1-4H3. The van der Waals surface area contributed by atoms with Crippen LogP contribution in [0.4, 0.5) is 0 Å². The predicted octanol–water partition coefficient (Wildman–Crippen LogP) is 6.32. The topological polar surface area (TPSA) is 72.8 Å². The van der Waals surface area contributed by atoms with Crippen molar-refractivity contribution in [1.29, 1.82) is 0 Å². The van der Waals surface area contributed by atoms with Crippen LogP contribution in [0, 0.1) is 0 Å². The van der Waals surface area contributed by atoms with Gasteiger partial charge in [-0.1, -0.05) is 0 Å². The molecule has 5 nitrogen and oxygen atoms in total. The van der Waals surface area contributed by atoms with Crippen molar-refractivity contribution < 1.29 is 22.2 Å². The zero-order valence-electron chi connectivity index (χ0n) is 20.8. The van der Waals surface area contributed by atoms with Crippen molar-refractivity contribution in [2.24, 2.45) is 0 Å². The van der Waals surface area contributed by atoms with Crippen molar-refractivity contribution in [3.63, 3.8) is 0 Å². The number of ether oxygens (including phenoxy) is 1. The molecule has 7 heteroatoms. The average molecular weight is 483 g/mol. The molecule has 1 N–H and O–H groups in total. The molecule has 0 aromatic carbocycles. The van der Waals surface area contributed by atoms with E-state index in [-0.39, 0.29) is 12.7 Å². The summed E-state index contributed by atoms with van der Waals surface area (Å²) in [6, 6.07) is 0. The normalized spacial score (nSPS) is 21.6. The second kappa shape index (κ2) is 14.5. The molecule has 0 aromatic rings. The molecule has 0 heterocycles. The molecule has 0 aromatic heterocycles. The Hall–Kier alpha value is 0.260. The van der Waals surface area contributed by atoms with Gasteiger partial charge in [-0.25, -0.2) is 0 Å². The number of unbranched alkanes of at least 4 members (excludes halogenated alkanes) is 4. The van der Waals surface area contributed by atoms with E-state index in [1.807, 2.05) is 0 Å². The maximum atomic E-state index is 13.7.